The Kier molecular flexibility index (Phi) is 3.48. The number of carbonyl (C=O) groups excluding carboxylic acids is 1. The highest BCUT2D eigenvalue weighted by molar-refractivity contribution is 7.82. The van der Waals surface area contributed by atoms with Crippen molar-refractivity contribution in [1.29, 1.82) is 0 Å². The predicted molar refractivity (Wildman–Crippen MR) is 59.4 cm³/mol. The lowest BCUT2D eigenvalue weighted by molar-refractivity contribution is -0.159. The Morgan fingerprint density at radius 3 is 2.50 bits per heavy atom. The number of esters is 1. The molecule has 82 valence electrons. The van der Waals surface area contributed by atoms with E-state index in [2.05, 4.69) is 17.9 Å². The summed E-state index contributed by atoms with van der Waals surface area (Å²) in [6, 6.07) is 0. The number of rotatable bonds is 1. The smallest absolute Gasteiger partial charge is 0.337 e. The fourth-order valence-corrected chi connectivity index (χ4v) is 1.74. The van der Waals surface area contributed by atoms with Crippen LogP contribution in [0.4, 0.5) is 0 Å². The maximum Gasteiger partial charge on any atom is 0.337 e. The second-order valence-corrected chi connectivity index (χ2v) is 5.51. The van der Waals surface area contributed by atoms with E-state index in [9.17, 15) is 4.79 Å². The van der Waals surface area contributed by atoms with E-state index < -0.39 is 10.5 Å². The van der Waals surface area contributed by atoms with Crippen LogP contribution >= 0.6 is 12.6 Å². The summed E-state index contributed by atoms with van der Waals surface area (Å²) < 4.78 is 5.30. The lowest BCUT2D eigenvalue weighted by Crippen LogP contribution is -2.52. The van der Waals surface area contributed by atoms with Crippen LogP contribution in [0.2, 0.25) is 0 Å². The van der Waals surface area contributed by atoms with Gasteiger partial charge in [0.05, 0.1) is 0 Å². The minimum Gasteiger partial charge on any atom is -0.458 e. The molecular weight excluding hydrogens is 198 g/mol. The minimum atomic E-state index is -0.772. The predicted octanol–water partition coefficient (Wildman–Crippen LogP) is 1.73. The van der Waals surface area contributed by atoms with E-state index in [4.69, 9.17) is 4.74 Å². The molecule has 1 atom stereocenters. The van der Waals surface area contributed by atoms with Gasteiger partial charge in [0.15, 0.2) is 4.87 Å². The van der Waals surface area contributed by atoms with Gasteiger partial charge in [0.2, 0.25) is 0 Å². The third-order valence-corrected chi connectivity index (χ3v) is 2.68. The molecule has 1 saturated heterocycles. The van der Waals surface area contributed by atoms with Gasteiger partial charge in [-0.05, 0) is 46.6 Å². The third-order valence-electron chi connectivity index (χ3n) is 2.12. The standard InChI is InChI=1S/C10H19NO2S/c1-9(2,3)13-8(12)10(14)6-4-5-7-11-10/h11,14H,4-7H2,1-3H3. The molecule has 0 amide bonds. The Bertz CT molecular complexity index is 217. The van der Waals surface area contributed by atoms with Gasteiger partial charge in [0.25, 0.3) is 0 Å². The van der Waals surface area contributed by atoms with Crippen LogP contribution in [0, 0.1) is 0 Å². The summed E-state index contributed by atoms with van der Waals surface area (Å²) in [4.78, 5) is 11.0. The van der Waals surface area contributed by atoms with Crippen LogP contribution in [0.15, 0.2) is 0 Å². The average molecular weight is 217 g/mol. The van der Waals surface area contributed by atoms with E-state index in [0.717, 1.165) is 25.8 Å². The van der Waals surface area contributed by atoms with Crippen molar-refractivity contribution in [2.75, 3.05) is 6.54 Å². The van der Waals surface area contributed by atoms with Crippen molar-refractivity contribution < 1.29 is 9.53 Å². The second-order valence-electron chi connectivity index (χ2n) is 4.75. The van der Waals surface area contributed by atoms with Gasteiger partial charge in [0, 0.05) is 0 Å². The van der Waals surface area contributed by atoms with Crippen molar-refractivity contribution in [1.82, 2.24) is 5.32 Å². The van der Waals surface area contributed by atoms with Gasteiger partial charge in [-0.15, -0.1) is 12.6 Å². The Morgan fingerprint density at radius 2 is 2.07 bits per heavy atom. The molecule has 1 unspecified atom stereocenters. The van der Waals surface area contributed by atoms with E-state index in [-0.39, 0.29) is 5.97 Å². The number of thiol groups is 1. The summed E-state index contributed by atoms with van der Waals surface area (Å²) in [7, 11) is 0. The molecule has 4 heteroatoms. The van der Waals surface area contributed by atoms with Crippen LogP contribution in [0.3, 0.4) is 0 Å². The zero-order chi connectivity index (χ0) is 10.8. The first kappa shape index (κ1) is 11.9. The van der Waals surface area contributed by atoms with Crippen LogP contribution < -0.4 is 5.32 Å². The van der Waals surface area contributed by atoms with Crippen LogP contribution in [-0.4, -0.2) is 23.0 Å². The highest BCUT2D eigenvalue weighted by Gasteiger charge is 2.38. The van der Waals surface area contributed by atoms with Crippen LogP contribution in [-0.2, 0) is 9.53 Å². The molecule has 1 N–H and O–H groups in total. The molecule has 0 spiro atoms. The molecule has 3 nitrogen and oxygen atoms in total. The van der Waals surface area contributed by atoms with Gasteiger partial charge in [-0.3, -0.25) is 5.32 Å². The summed E-state index contributed by atoms with van der Waals surface area (Å²) >= 11 is 4.37. The Balaban J connectivity index is 2.58. The third kappa shape index (κ3) is 3.17. The summed E-state index contributed by atoms with van der Waals surface area (Å²) in [6.07, 6.45) is 2.87. The fourth-order valence-electron chi connectivity index (χ4n) is 1.43. The van der Waals surface area contributed by atoms with Gasteiger partial charge in [-0.2, -0.15) is 0 Å². The molecule has 1 fully saturated rings. The summed E-state index contributed by atoms with van der Waals surface area (Å²) in [5.41, 5.74) is -0.439. The topological polar surface area (TPSA) is 38.3 Å². The molecule has 1 aliphatic heterocycles. The molecule has 0 aromatic heterocycles. The molecule has 0 saturated carbocycles. The van der Waals surface area contributed by atoms with Gasteiger partial charge in [0.1, 0.15) is 5.60 Å². The quantitative estimate of drug-likeness (QED) is 0.519. The molecule has 1 rings (SSSR count). The summed E-state index contributed by atoms with van der Waals surface area (Å²) in [5.74, 6) is -0.256. The van der Waals surface area contributed by atoms with E-state index in [0.29, 0.717) is 0 Å². The number of piperidine rings is 1. The van der Waals surface area contributed by atoms with Crippen LogP contribution in [0.5, 0.6) is 0 Å². The molecule has 1 aliphatic rings. The molecule has 0 aromatic carbocycles. The molecular formula is C10H19NO2S. The minimum absolute atomic E-state index is 0.256. The number of nitrogens with one attached hydrogen (secondary N) is 1. The molecule has 1 heterocycles. The summed E-state index contributed by atoms with van der Waals surface area (Å²) in [5, 5.41) is 3.11. The molecule has 0 aromatic rings. The first-order valence-electron chi connectivity index (χ1n) is 5.04. The van der Waals surface area contributed by atoms with Gasteiger partial charge >= 0.3 is 5.97 Å². The summed E-state index contributed by atoms with van der Waals surface area (Å²) in [6.45, 7) is 6.43. The van der Waals surface area contributed by atoms with E-state index in [1.807, 2.05) is 20.8 Å². The molecule has 0 aliphatic carbocycles. The van der Waals surface area contributed by atoms with Crippen LogP contribution in [0.1, 0.15) is 40.0 Å². The van der Waals surface area contributed by atoms with Crippen molar-refractivity contribution >= 4 is 18.6 Å². The van der Waals surface area contributed by atoms with Crippen molar-refractivity contribution in [3.8, 4) is 0 Å². The number of hydrogen-bond donors (Lipinski definition) is 2. The first-order chi connectivity index (χ1) is 6.33. The van der Waals surface area contributed by atoms with E-state index >= 15 is 0 Å². The maximum absolute atomic E-state index is 11.8. The lowest BCUT2D eigenvalue weighted by Gasteiger charge is -2.34. The van der Waals surface area contributed by atoms with Crippen molar-refractivity contribution in [2.45, 2.75) is 50.5 Å². The molecule has 0 radical (unpaired) electrons. The Morgan fingerprint density at radius 1 is 1.43 bits per heavy atom. The SMILES string of the molecule is CC(C)(C)OC(=O)C1(S)CCCCN1. The highest BCUT2D eigenvalue weighted by Crippen LogP contribution is 2.26. The van der Waals surface area contributed by atoms with Gasteiger partial charge in [-0.1, -0.05) is 0 Å². The molecule has 0 bridgehead atoms. The van der Waals surface area contributed by atoms with E-state index in [1.165, 1.54) is 0 Å². The van der Waals surface area contributed by atoms with E-state index in [1.54, 1.807) is 0 Å². The average Bonchev–Trinajstić information content (AvgIpc) is 2.02. The van der Waals surface area contributed by atoms with Crippen molar-refractivity contribution in [3.05, 3.63) is 0 Å². The van der Waals surface area contributed by atoms with Crippen molar-refractivity contribution in [3.63, 3.8) is 0 Å². The fraction of sp³-hybridized carbons (Fsp3) is 0.900. The Hall–Kier alpha value is -0.220. The zero-order valence-corrected chi connectivity index (χ0v) is 9.99. The normalized spacial score (nSPS) is 28.6. The molecule has 14 heavy (non-hydrogen) atoms. The Labute approximate surface area is 91.0 Å². The largest absolute Gasteiger partial charge is 0.458 e. The van der Waals surface area contributed by atoms with Gasteiger partial charge < -0.3 is 4.74 Å². The number of ether oxygens (including phenoxy) is 1. The zero-order valence-electron chi connectivity index (χ0n) is 9.09. The second kappa shape index (κ2) is 4.11. The maximum atomic E-state index is 11.8. The number of carbonyl (C=O) groups is 1. The lowest BCUT2D eigenvalue weighted by atomic mass is 10.0. The van der Waals surface area contributed by atoms with Gasteiger partial charge in [-0.25, -0.2) is 4.79 Å². The monoisotopic (exact) mass is 217 g/mol. The van der Waals surface area contributed by atoms with Crippen molar-refractivity contribution in [2.24, 2.45) is 0 Å². The highest BCUT2D eigenvalue weighted by atomic mass is 32.1. The number of hydrogen-bond acceptors (Lipinski definition) is 4. The van der Waals surface area contributed by atoms with Crippen LogP contribution in [0.25, 0.3) is 0 Å². The first-order valence-corrected chi connectivity index (χ1v) is 5.49.